The topological polar surface area (TPSA) is 121 Å². The van der Waals surface area contributed by atoms with E-state index in [1.807, 2.05) is 0 Å². The van der Waals surface area contributed by atoms with Crippen molar-refractivity contribution in [2.45, 2.75) is 25.6 Å². The van der Waals surface area contributed by atoms with Crippen LogP contribution in [-0.4, -0.2) is 58.7 Å². The lowest BCUT2D eigenvalue weighted by molar-refractivity contribution is -0.119. The molecule has 7 nitrogen and oxygen atoms in total. The molecule has 8 heteroatoms. The second-order valence-electron chi connectivity index (χ2n) is 3.82. The van der Waals surface area contributed by atoms with Gasteiger partial charge in [0.05, 0.1) is 19.3 Å². The Kier molecular flexibility index (Phi) is 6.88. The minimum absolute atomic E-state index is 0.220. The molecule has 3 atom stereocenters. The normalized spacial score (nSPS) is 17.1. The van der Waals surface area contributed by atoms with Gasteiger partial charge in [-0.15, -0.1) is 0 Å². The Morgan fingerprint density at radius 2 is 1.94 bits per heavy atom. The molecule has 0 spiro atoms. The average Bonchev–Trinajstić information content (AvgIpc) is 2.28. The Morgan fingerprint density at radius 1 is 1.39 bits per heavy atom. The lowest BCUT2D eigenvalue weighted by atomic mass is 10.2. The van der Waals surface area contributed by atoms with Crippen LogP contribution < -0.4 is 0 Å². The molecule has 0 radical (unpaired) electrons. The van der Waals surface area contributed by atoms with Gasteiger partial charge in [0.25, 0.3) is 0 Å². The number of aliphatic imine (C=N–C) groups is 1. The van der Waals surface area contributed by atoms with Crippen molar-refractivity contribution < 1.29 is 29.2 Å². The number of carbonyl (C=O) groups excluding carboxylic acids is 3. The van der Waals surface area contributed by atoms with Gasteiger partial charge in [-0.25, -0.2) is 9.79 Å². The maximum absolute atomic E-state index is 12.5. The fraction of sp³-hybridized carbons (Fsp3) is 0.700. The van der Waals surface area contributed by atoms with E-state index in [1.54, 1.807) is 0 Å². The molecule has 0 amide bonds. The minimum Gasteiger partial charge on any atom is -0.394 e. The summed E-state index contributed by atoms with van der Waals surface area (Å²) in [5.74, 6) is -0.648. The highest BCUT2D eigenvalue weighted by atomic mass is 31.2. The van der Waals surface area contributed by atoms with Gasteiger partial charge in [-0.05, 0) is 6.92 Å². The van der Waals surface area contributed by atoms with E-state index in [9.17, 15) is 24.1 Å². The number of nitrogens with zero attached hydrogens (tertiary/aromatic N) is 1. The SMILES string of the molecule is CC(=O)C(C(O)CO)P(=O)(CCN=C=O)C(C)=O. The largest absolute Gasteiger partial charge is 0.394 e. The van der Waals surface area contributed by atoms with Crippen molar-refractivity contribution in [2.24, 2.45) is 4.99 Å². The molecular formula is C10H16NO6P. The highest BCUT2D eigenvalue weighted by Gasteiger charge is 2.44. The van der Waals surface area contributed by atoms with E-state index in [2.05, 4.69) is 4.99 Å². The van der Waals surface area contributed by atoms with Crippen LogP contribution in [-0.2, 0) is 18.9 Å². The van der Waals surface area contributed by atoms with Crippen molar-refractivity contribution in [2.75, 3.05) is 19.3 Å². The van der Waals surface area contributed by atoms with E-state index in [1.165, 1.54) is 6.08 Å². The Hall–Kier alpha value is -1.13. The molecule has 0 rings (SSSR count). The van der Waals surface area contributed by atoms with Gasteiger partial charge in [-0.1, -0.05) is 0 Å². The molecule has 0 heterocycles. The lowest BCUT2D eigenvalue weighted by Crippen LogP contribution is -2.37. The van der Waals surface area contributed by atoms with Gasteiger partial charge >= 0.3 is 0 Å². The number of hydrogen-bond donors (Lipinski definition) is 2. The summed E-state index contributed by atoms with van der Waals surface area (Å²) in [6.07, 6.45) is -0.642. The zero-order chi connectivity index (χ0) is 14.3. The third-order valence-electron chi connectivity index (χ3n) is 2.56. The molecule has 2 N–H and O–H groups in total. The van der Waals surface area contributed by atoms with Crippen LogP contribution in [0, 0.1) is 0 Å². The number of isocyanates is 1. The van der Waals surface area contributed by atoms with Gasteiger partial charge in [-0.2, -0.15) is 0 Å². The molecule has 3 unspecified atom stereocenters. The molecular weight excluding hydrogens is 261 g/mol. The maximum Gasteiger partial charge on any atom is 0.234 e. The van der Waals surface area contributed by atoms with Crippen LogP contribution in [0.4, 0.5) is 0 Å². The van der Waals surface area contributed by atoms with Gasteiger partial charge in [0.15, 0.2) is 12.7 Å². The van der Waals surface area contributed by atoms with Crippen LogP contribution in [0.2, 0.25) is 0 Å². The number of Topliss-reactive ketones (excluding diaryl/α,β-unsaturated/α-hetero) is 1. The molecule has 0 aromatic carbocycles. The van der Waals surface area contributed by atoms with Gasteiger partial charge in [0.2, 0.25) is 6.08 Å². The Bertz CT molecular complexity index is 415. The summed E-state index contributed by atoms with van der Waals surface area (Å²) >= 11 is 0. The molecule has 0 saturated heterocycles. The number of rotatable bonds is 8. The summed E-state index contributed by atoms with van der Waals surface area (Å²) in [6.45, 7) is 1.13. The first-order chi connectivity index (χ1) is 8.31. The Balaban J connectivity index is 5.39. The Morgan fingerprint density at radius 3 is 2.28 bits per heavy atom. The third kappa shape index (κ3) is 3.96. The second-order valence-corrected chi connectivity index (χ2v) is 7.04. The van der Waals surface area contributed by atoms with Crippen LogP contribution in [0.3, 0.4) is 0 Å². The number of aliphatic hydroxyl groups excluding tert-OH is 2. The zero-order valence-electron chi connectivity index (χ0n) is 10.2. The van der Waals surface area contributed by atoms with Crippen molar-refractivity contribution >= 4 is 24.5 Å². The minimum atomic E-state index is -3.73. The summed E-state index contributed by atoms with van der Waals surface area (Å²) in [4.78, 5) is 36.0. The first-order valence-electron chi connectivity index (χ1n) is 5.24. The monoisotopic (exact) mass is 277 g/mol. The van der Waals surface area contributed by atoms with Crippen LogP contribution in [0.25, 0.3) is 0 Å². The van der Waals surface area contributed by atoms with Crippen molar-refractivity contribution in [1.29, 1.82) is 0 Å². The van der Waals surface area contributed by atoms with Crippen molar-refractivity contribution in [3.8, 4) is 0 Å². The van der Waals surface area contributed by atoms with Crippen molar-refractivity contribution in [3.63, 3.8) is 0 Å². The molecule has 0 bridgehead atoms. The van der Waals surface area contributed by atoms with Gasteiger partial charge < -0.3 is 14.8 Å². The highest BCUT2D eigenvalue weighted by molar-refractivity contribution is 7.81. The molecule has 0 saturated carbocycles. The predicted octanol–water partition coefficient (Wildman–Crippen LogP) is -0.457. The Labute approximate surface area is 104 Å². The van der Waals surface area contributed by atoms with Crippen molar-refractivity contribution in [1.82, 2.24) is 0 Å². The number of ketones is 1. The van der Waals surface area contributed by atoms with E-state index in [4.69, 9.17) is 5.11 Å². The molecule has 0 aliphatic carbocycles. The molecule has 0 aromatic heterocycles. The van der Waals surface area contributed by atoms with Crippen LogP contribution >= 0.6 is 7.14 Å². The van der Waals surface area contributed by atoms with E-state index < -0.39 is 36.8 Å². The molecule has 0 aromatic rings. The molecule has 0 fully saturated rings. The van der Waals surface area contributed by atoms with E-state index in [0.29, 0.717) is 0 Å². The number of carbonyl (C=O) groups is 2. The van der Waals surface area contributed by atoms with Gasteiger partial charge in [0, 0.05) is 13.1 Å². The first-order valence-corrected chi connectivity index (χ1v) is 7.20. The van der Waals surface area contributed by atoms with E-state index in [-0.39, 0.29) is 12.7 Å². The first kappa shape index (κ1) is 16.9. The zero-order valence-corrected chi connectivity index (χ0v) is 11.1. The molecule has 0 aliphatic heterocycles. The van der Waals surface area contributed by atoms with Crippen LogP contribution in [0.5, 0.6) is 0 Å². The molecule has 18 heavy (non-hydrogen) atoms. The predicted molar refractivity (Wildman–Crippen MR) is 63.7 cm³/mol. The maximum atomic E-state index is 12.5. The van der Waals surface area contributed by atoms with Crippen molar-refractivity contribution in [3.05, 3.63) is 0 Å². The van der Waals surface area contributed by atoms with Crippen LogP contribution in [0.1, 0.15) is 13.8 Å². The fourth-order valence-electron chi connectivity index (χ4n) is 1.68. The summed E-state index contributed by atoms with van der Waals surface area (Å²) in [7, 11) is -3.73. The van der Waals surface area contributed by atoms with E-state index in [0.717, 1.165) is 13.8 Å². The standard InChI is InChI=1S/C10H16NO6P/c1-7(14)10(9(16)5-12)18(17,8(2)15)4-3-11-6-13/h9-10,12,16H,3-5H2,1-2H3. The second kappa shape index (κ2) is 7.34. The van der Waals surface area contributed by atoms with Crippen LogP contribution in [0.15, 0.2) is 4.99 Å². The third-order valence-corrected chi connectivity index (χ3v) is 6.10. The summed E-state index contributed by atoms with van der Waals surface area (Å²) < 4.78 is 12.5. The quantitative estimate of drug-likeness (QED) is 0.352. The fourth-order valence-corrected chi connectivity index (χ4v) is 4.30. The molecule has 0 aliphatic rings. The highest BCUT2D eigenvalue weighted by Crippen LogP contribution is 2.52. The number of hydrogen-bond acceptors (Lipinski definition) is 7. The summed E-state index contributed by atoms with van der Waals surface area (Å²) in [5.41, 5.74) is -2.20. The number of aliphatic hydroxyl groups is 2. The lowest BCUT2D eigenvalue weighted by Gasteiger charge is -2.26. The summed E-state index contributed by atoms with van der Waals surface area (Å²) in [5, 5.41) is 18.4. The molecule has 102 valence electrons. The van der Waals surface area contributed by atoms with Gasteiger partial charge in [0.1, 0.15) is 11.4 Å². The van der Waals surface area contributed by atoms with Gasteiger partial charge in [-0.3, -0.25) is 9.59 Å². The average molecular weight is 277 g/mol. The smallest absolute Gasteiger partial charge is 0.234 e. The van der Waals surface area contributed by atoms with E-state index >= 15 is 0 Å². The summed E-state index contributed by atoms with van der Waals surface area (Å²) in [6, 6.07) is 0.